The first-order valence-corrected chi connectivity index (χ1v) is 6.80. The molecule has 2 nitrogen and oxygen atoms in total. The van der Waals surface area contributed by atoms with Crippen LogP contribution in [0.5, 0.6) is 5.75 Å². The fourth-order valence-corrected chi connectivity index (χ4v) is 2.98. The van der Waals surface area contributed by atoms with Crippen molar-refractivity contribution in [2.45, 2.75) is 22.8 Å². The first kappa shape index (κ1) is 13.9. The first-order valence-electron chi connectivity index (χ1n) is 5.98. The molecule has 0 radical (unpaired) electrons. The maximum atomic E-state index is 13.7. The highest BCUT2D eigenvalue weighted by Crippen LogP contribution is 2.38. The largest absolute Gasteiger partial charge is 0.496 e. The molecule has 0 aliphatic heterocycles. The standard InChI is InChI=1S/C15H16FNOS/c1-10(17)15-12(18-2)7-5-9-14(15)19-13-8-4-3-6-11(13)16/h3-10H,17H2,1-2H3/t10-/m1/s1. The van der Waals surface area contributed by atoms with Gasteiger partial charge in [0.1, 0.15) is 11.6 Å². The zero-order valence-corrected chi connectivity index (χ0v) is 11.7. The Kier molecular flexibility index (Phi) is 4.45. The smallest absolute Gasteiger partial charge is 0.137 e. The number of ether oxygens (including phenoxy) is 1. The molecule has 1 atom stereocenters. The number of rotatable bonds is 4. The van der Waals surface area contributed by atoms with Crippen molar-refractivity contribution in [1.29, 1.82) is 0 Å². The Labute approximate surface area is 116 Å². The van der Waals surface area contributed by atoms with Crippen molar-refractivity contribution >= 4 is 11.8 Å². The summed E-state index contributed by atoms with van der Waals surface area (Å²) in [6.07, 6.45) is 0. The van der Waals surface area contributed by atoms with E-state index in [0.717, 1.165) is 16.2 Å². The van der Waals surface area contributed by atoms with Gasteiger partial charge in [-0.3, -0.25) is 0 Å². The van der Waals surface area contributed by atoms with Gasteiger partial charge < -0.3 is 10.5 Å². The van der Waals surface area contributed by atoms with Gasteiger partial charge in [-0.05, 0) is 31.2 Å². The van der Waals surface area contributed by atoms with E-state index < -0.39 is 0 Å². The van der Waals surface area contributed by atoms with Gasteiger partial charge in [-0.1, -0.05) is 30.0 Å². The fourth-order valence-electron chi connectivity index (χ4n) is 1.89. The molecule has 2 aromatic rings. The van der Waals surface area contributed by atoms with Crippen LogP contribution in [0.4, 0.5) is 4.39 Å². The molecular weight excluding hydrogens is 261 g/mol. The van der Waals surface area contributed by atoms with Gasteiger partial charge in [-0.15, -0.1) is 0 Å². The van der Waals surface area contributed by atoms with E-state index in [-0.39, 0.29) is 11.9 Å². The Balaban J connectivity index is 2.43. The lowest BCUT2D eigenvalue weighted by Gasteiger charge is -2.16. The Hall–Kier alpha value is -1.52. The predicted molar refractivity (Wildman–Crippen MR) is 76.1 cm³/mol. The lowest BCUT2D eigenvalue weighted by molar-refractivity contribution is 0.405. The second-order valence-electron chi connectivity index (χ2n) is 4.19. The summed E-state index contributed by atoms with van der Waals surface area (Å²) < 4.78 is 19.0. The number of hydrogen-bond donors (Lipinski definition) is 1. The van der Waals surface area contributed by atoms with Gasteiger partial charge in [-0.2, -0.15) is 0 Å². The van der Waals surface area contributed by atoms with Crippen LogP contribution >= 0.6 is 11.8 Å². The summed E-state index contributed by atoms with van der Waals surface area (Å²) in [6, 6.07) is 12.2. The second-order valence-corrected chi connectivity index (χ2v) is 5.28. The number of hydrogen-bond acceptors (Lipinski definition) is 3. The van der Waals surface area contributed by atoms with Gasteiger partial charge in [0.25, 0.3) is 0 Å². The molecule has 0 unspecified atom stereocenters. The number of nitrogens with two attached hydrogens (primary N) is 1. The average molecular weight is 277 g/mol. The van der Waals surface area contributed by atoms with E-state index in [0.29, 0.717) is 4.90 Å². The summed E-state index contributed by atoms with van der Waals surface area (Å²) in [5, 5.41) is 0. The normalized spacial score (nSPS) is 12.2. The van der Waals surface area contributed by atoms with E-state index in [1.807, 2.05) is 31.2 Å². The van der Waals surface area contributed by atoms with Crippen molar-refractivity contribution in [2.24, 2.45) is 5.73 Å². The molecular formula is C15H16FNOS. The Morgan fingerprint density at radius 2 is 1.79 bits per heavy atom. The molecule has 0 aromatic heterocycles. The summed E-state index contributed by atoms with van der Waals surface area (Å²) in [5.74, 6) is 0.502. The minimum atomic E-state index is -0.231. The molecule has 0 aliphatic carbocycles. The molecule has 0 bridgehead atoms. The minimum absolute atomic E-state index is 0.176. The SMILES string of the molecule is COc1cccc(Sc2ccccc2F)c1[C@@H](C)N. The first-order chi connectivity index (χ1) is 9.13. The molecule has 0 heterocycles. The molecule has 2 rings (SSSR count). The molecule has 2 N–H and O–H groups in total. The topological polar surface area (TPSA) is 35.2 Å². The van der Waals surface area contributed by atoms with Crippen LogP contribution in [0.25, 0.3) is 0 Å². The van der Waals surface area contributed by atoms with E-state index in [2.05, 4.69) is 0 Å². The van der Waals surface area contributed by atoms with Gasteiger partial charge in [-0.25, -0.2) is 4.39 Å². The highest BCUT2D eigenvalue weighted by molar-refractivity contribution is 7.99. The van der Waals surface area contributed by atoms with Crippen molar-refractivity contribution in [3.8, 4) is 5.75 Å². The maximum absolute atomic E-state index is 13.7. The number of halogens is 1. The highest BCUT2D eigenvalue weighted by Gasteiger charge is 2.15. The second kappa shape index (κ2) is 6.08. The van der Waals surface area contributed by atoms with Crippen molar-refractivity contribution < 1.29 is 9.13 Å². The van der Waals surface area contributed by atoms with Gasteiger partial charge >= 0.3 is 0 Å². The van der Waals surface area contributed by atoms with Gasteiger partial charge in [0, 0.05) is 21.4 Å². The molecule has 100 valence electrons. The Morgan fingerprint density at radius 3 is 2.42 bits per heavy atom. The zero-order valence-electron chi connectivity index (χ0n) is 10.9. The molecule has 0 saturated heterocycles. The summed E-state index contributed by atoms with van der Waals surface area (Å²) in [4.78, 5) is 1.50. The van der Waals surface area contributed by atoms with Crippen molar-refractivity contribution in [3.05, 3.63) is 53.8 Å². The van der Waals surface area contributed by atoms with E-state index >= 15 is 0 Å². The monoisotopic (exact) mass is 277 g/mol. The Bertz CT molecular complexity index is 572. The summed E-state index contributed by atoms with van der Waals surface area (Å²) in [5.41, 5.74) is 6.90. The van der Waals surface area contributed by atoms with Crippen molar-refractivity contribution in [3.63, 3.8) is 0 Å². The van der Waals surface area contributed by atoms with Crippen molar-refractivity contribution in [2.75, 3.05) is 7.11 Å². The Morgan fingerprint density at radius 1 is 1.11 bits per heavy atom. The van der Waals surface area contributed by atoms with Crippen LogP contribution in [0, 0.1) is 5.82 Å². The quantitative estimate of drug-likeness (QED) is 0.917. The van der Waals surface area contributed by atoms with E-state index in [9.17, 15) is 4.39 Å². The van der Waals surface area contributed by atoms with Crippen molar-refractivity contribution in [1.82, 2.24) is 0 Å². The highest BCUT2D eigenvalue weighted by atomic mass is 32.2. The van der Waals surface area contributed by atoms with Crippen LogP contribution in [-0.4, -0.2) is 7.11 Å². The zero-order chi connectivity index (χ0) is 13.8. The molecule has 19 heavy (non-hydrogen) atoms. The maximum Gasteiger partial charge on any atom is 0.137 e. The number of methoxy groups -OCH3 is 1. The fraction of sp³-hybridized carbons (Fsp3) is 0.200. The third-order valence-electron chi connectivity index (χ3n) is 2.76. The van der Waals surface area contributed by atoms with Crippen LogP contribution in [0.1, 0.15) is 18.5 Å². The lowest BCUT2D eigenvalue weighted by atomic mass is 10.1. The van der Waals surface area contributed by atoms with Gasteiger partial charge in [0.15, 0.2) is 0 Å². The average Bonchev–Trinajstić information content (AvgIpc) is 2.40. The molecule has 0 amide bonds. The predicted octanol–water partition coefficient (Wildman–Crippen LogP) is 4.01. The van der Waals surface area contributed by atoms with Crippen LogP contribution in [-0.2, 0) is 0 Å². The van der Waals surface area contributed by atoms with Gasteiger partial charge in [0.05, 0.1) is 7.11 Å². The molecule has 0 saturated carbocycles. The van der Waals surface area contributed by atoms with E-state index in [4.69, 9.17) is 10.5 Å². The summed E-state index contributed by atoms with van der Waals surface area (Å²) >= 11 is 1.36. The molecule has 2 aromatic carbocycles. The van der Waals surface area contributed by atoms with Gasteiger partial charge in [0.2, 0.25) is 0 Å². The van der Waals surface area contributed by atoms with E-state index in [1.165, 1.54) is 17.8 Å². The molecule has 0 spiro atoms. The van der Waals surface area contributed by atoms with Crippen LogP contribution < -0.4 is 10.5 Å². The van der Waals surface area contributed by atoms with E-state index in [1.54, 1.807) is 19.2 Å². The lowest BCUT2D eigenvalue weighted by Crippen LogP contribution is -2.08. The van der Waals surface area contributed by atoms with Crippen LogP contribution in [0.2, 0.25) is 0 Å². The molecule has 0 fully saturated rings. The van der Waals surface area contributed by atoms with Crippen LogP contribution in [0.3, 0.4) is 0 Å². The third kappa shape index (κ3) is 3.08. The third-order valence-corrected chi connectivity index (χ3v) is 3.88. The van der Waals surface area contributed by atoms with Crippen LogP contribution in [0.15, 0.2) is 52.3 Å². The summed E-state index contributed by atoms with van der Waals surface area (Å²) in [6.45, 7) is 1.89. The number of benzene rings is 2. The minimum Gasteiger partial charge on any atom is -0.496 e. The molecule has 0 aliphatic rings. The summed E-state index contributed by atoms with van der Waals surface area (Å²) in [7, 11) is 1.61. The molecule has 4 heteroatoms.